The van der Waals surface area contributed by atoms with E-state index in [1.165, 1.54) is 11.8 Å². The Morgan fingerprint density at radius 1 is 1.14 bits per heavy atom. The molecule has 2 rings (SSSR count). The molecule has 0 saturated carbocycles. The molecule has 2 aromatic rings. The molecule has 3 nitrogen and oxygen atoms in total. The first kappa shape index (κ1) is 16.9. The van der Waals surface area contributed by atoms with E-state index >= 15 is 0 Å². The van der Waals surface area contributed by atoms with Crippen molar-refractivity contribution in [3.63, 3.8) is 0 Å². The van der Waals surface area contributed by atoms with Crippen LogP contribution in [0.25, 0.3) is 0 Å². The first-order valence-corrected chi connectivity index (χ1v) is 8.44. The fraction of sp³-hybridized carbons (Fsp3) is 0.125. The summed E-state index contributed by atoms with van der Waals surface area (Å²) < 4.78 is 0. The minimum atomic E-state index is -0.148. The van der Waals surface area contributed by atoms with Crippen molar-refractivity contribution >= 4 is 47.1 Å². The summed E-state index contributed by atoms with van der Waals surface area (Å²) in [7, 11) is 0. The Hall–Kier alpha value is -1.49. The Morgan fingerprint density at radius 3 is 2.59 bits per heavy atom. The quantitative estimate of drug-likeness (QED) is 0.619. The zero-order valence-corrected chi connectivity index (χ0v) is 14.0. The maximum atomic E-state index is 11.7. The topological polar surface area (TPSA) is 41.5 Å². The van der Waals surface area contributed by atoms with Crippen molar-refractivity contribution < 1.29 is 4.79 Å². The number of carbonyl (C=O) groups is 1. The third kappa shape index (κ3) is 6.10. The van der Waals surface area contributed by atoms with Gasteiger partial charge < -0.3 is 0 Å². The van der Waals surface area contributed by atoms with Crippen LogP contribution in [0, 0.1) is 0 Å². The molecule has 0 unspecified atom stereocenters. The van der Waals surface area contributed by atoms with Gasteiger partial charge in [0.05, 0.1) is 12.0 Å². The highest BCUT2D eigenvalue weighted by atomic mass is 35.5. The molecule has 6 heteroatoms. The van der Waals surface area contributed by atoms with Crippen molar-refractivity contribution in [2.75, 3.05) is 5.75 Å². The first-order valence-electron chi connectivity index (χ1n) is 6.53. The zero-order chi connectivity index (χ0) is 15.8. The van der Waals surface area contributed by atoms with Gasteiger partial charge in [-0.15, -0.1) is 11.8 Å². The fourth-order valence-corrected chi connectivity index (χ4v) is 2.87. The van der Waals surface area contributed by atoms with E-state index < -0.39 is 0 Å². The third-order valence-corrected chi connectivity index (χ3v) is 4.12. The van der Waals surface area contributed by atoms with Crippen LogP contribution in [0.2, 0.25) is 10.0 Å². The molecule has 0 atom stereocenters. The molecule has 0 bridgehead atoms. The Labute approximate surface area is 143 Å². The lowest BCUT2D eigenvalue weighted by Crippen LogP contribution is -2.19. The number of hydrazone groups is 1. The minimum absolute atomic E-state index is 0.148. The van der Waals surface area contributed by atoms with Crippen LogP contribution < -0.4 is 5.43 Å². The average molecular weight is 353 g/mol. The highest BCUT2D eigenvalue weighted by Crippen LogP contribution is 2.16. The molecule has 0 saturated heterocycles. The van der Waals surface area contributed by atoms with Gasteiger partial charge in [-0.2, -0.15) is 5.10 Å². The number of hydrogen-bond donors (Lipinski definition) is 1. The first-order chi connectivity index (χ1) is 10.6. The fourth-order valence-electron chi connectivity index (χ4n) is 1.69. The summed E-state index contributed by atoms with van der Waals surface area (Å²) in [6.07, 6.45) is 1.56. The highest BCUT2D eigenvalue weighted by molar-refractivity contribution is 7.99. The molecular formula is C16H14Cl2N2OS. The van der Waals surface area contributed by atoms with Crippen molar-refractivity contribution in [1.82, 2.24) is 5.43 Å². The summed E-state index contributed by atoms with van der Waals surface area (Å²) in [5.41, 5.74) is 4.41. The van der Waals surface area contributed by atoms with Gasteiger partial charge in [0, 0.05) is 15.8 Å². The van der Waals surface area contributed by atoms with E-state index in [9.17, 15) is 4.79 Å². The lowest BCUT2D eigenvalue weighted by atomic mass is 10.2. The van der Waals surface area contributed by atoms with E-state index in [1.807, 2.05) is 36.4 Å². The van der Waals surface area contributed by atoms with Crippen molar-refractivity contribution in [1.29, 1.82) is 0 Å². The summed E-state index contributed by atoms with van der Waals surface area (Å²) in [6.45, 7) is 0. The van der Waals surface area contributed by atoms with Crippen LogP contribution in [-0.4, -0.2) is 17.9 Å². The second kappa shape index (κ2) is 8.83. The number of carbonyl (C=O) groups excluding carboxylic acids is 1. The van der Waals surface area contributed by atoms with Crippen LogP contribution in [0.4, 0.5) is 0 Å². The molecule has 0 aromatic heterocycles. The molecular weight excluding hydrogens is 339 g/mol. The van der Waals surface area contributed by atoms with Crippen LogP contribution in [0.5, 0.6) is 0 Å². The van der Waals surface area contributed by atoms with Gasteiger partial charge in [0.15, 0.2) is 0 Å². The maximum absolute atomic E-state index is 11.7. The molecule has 0 spiro atoms. The smallest absolute Gasteiger partial charge is 0.250 e. The number of hydrogen-bond acceptors (Lipinski definition) is 3. The number of nitrogens with one attached hydrogen (secondary N) is 1. The maximum Gasteiger partial charge on any atom is 0.250 e. The largest absolute Gasteiger partial charge is 0.272 e. The Bertz CT molecular complexity index is 677. The van der Waals surface area contributed by atoms with E-state index in [2.05, 4.69) is 10.5 Å². The minimum Gasteiger partial charge on any atom is -0.272 e. The van der Waals surface area contributed by atoms with Gasteiger partial charge in [-0.05, 0) is 35.4 Å². The standard InChI is InChI=1S/C16H14Cl2N2OS/c17-14-5-1-3-12(7-14)9-19-20-16(21)11-22-10-13-4-2-6-15(18)8-13/h1-9H,10-11H2,(H,20,21)/b19-9-. The molecule has 0 aliphatic carbocycles. The molecule has 22 heavy (non-hydrogen) atoms. The Kier molecular flexibility index (Phi) is 6.77. The molecule has 0 aliphatic heterocycles. The number of benzene rings is 2. The van der Waals surface area contributed by atoms with Crippen molar-refractivity contribution in [3.8, 4) is 0 Å². The van der Waals surface area contributed by atoms with Crippen LogP contribution >= 0.6 is 35.0 Å². The number of amides is 1. The van der Waals surface area contributed by atoms with E-state index in [0.717, 1.165) is 16.9 Å². The SMILES string of the molecule is O=C(CSCc1cccc(Cl)c1)N/N=C\c1cccc(Cl)c1. The predicted octanol–water partition coefficient (Wildman–Crippen LogP) is 4.38. The number of thioether (sulfide) groups is 1. The summed E-state index contributed by atoms with van der Waals surface area (Å²) in [5, 5.41) is 5.24. The summed E-state index contributed by atoms with van der Waals surface area (Å²) in [4.78, 5) is 11.7. The van der Waals surface area contributed by atoms with Gasteiger partial charge in [-0.1, -0.05) is 47.5 Å². The van der Waals surface area contributed by atoms with Crippen LogP contribution in [0.1, 0.15) is 11.1 Å². The number of rotatable bonds is 6. The second-order valence-corrected chi connectivity index (χ2v) is 6.33. The monoisotopic (exact) mass is 352 g/mol. The molecule has 1 amide bonds. The lowest BCUT2D eigenvalue weighted by Gasteiger charge is -2.02. The van der Waals surface area contributed by atoms with E-state index in [1.54, 1.807) is 18.3 Å². The van der Waals surface area contributed by atoms with Crippen molar-refractivity contribution in [2.24, 2.45) is 5.10 Å². The Morgan fingerprint density at radius 2 is 1.86 bits per heavy atom. The lowest BCUT2D eigenvalue weighted by molar-refractivity contribution is -0.118. The molecule has 0 radical (unpaired) electrons. The van der Waals surface area contributed by atoms with E-state index in [4.69, 9.17) is 23.2 Å². The van der Waals surface area contributed by atoms with Gasteiger partial charge in [0.25, 0.3) is 0 Å². The third-order valence-electron chi connectivity index (χ3n) is 2.64. The van der Waals surface area contributed by atoms with Gasteiger partial charge >= 0.3 is 0 Å². The Balaban J connectivity index is 1.72. The number of nitrogens with zero attached hydrogens (tertiary/aromatic N) is 1. The van der Waals surface area contributed by atoms with Gasteiger partial charge in [0.1, 0.15) is 0 Å². The van der Waals surface area contributed by atoms with Crippen molar-refractivity contribution in [2.45, 2.75) is 5.75 Å². The summed E-state index contributed by atoms with van der Waals surface area (Å²) in [6, 6.07) is 14.8. The molecule has 114 valence electrons. The molecule has 0 fully saturated rings. The number of halogens is 2. The highest BCUT2D eigenvalue weighted by Gasteiger charge is 2.01. The average Bonchev–Trinajstić information content (AvgIpc) is 2.47. The van der Waals surface area contributed by atoms with Crippen LogP contribution in [0.15, 0.2) is 53.6 Å². The van der Waals surface area contributed by atoms with Crippen LogP contribution in [0.3, 0.4) is 0 Å². The molecule has 0 heterocycles. The van der Waals surface area contributed by atoms with Gasteiger partial charge in [-0.3, -0.25) is 4.79 Å². The molecule has 0 aliphatic rings. The second-order valence-electron chi connectivity index (χ2n) is 4.47. The summed E-state index contributed by atoms with van der Waals surface area (Å²) in [5.74, 6) is 0.913. The summed E-state index contributed by atoms with van der Waals surface area (Å²) >= 11 is 13.3. The predicted molar refractivity (Wildman–Crippen MR) is 94.8 cm³/mol. The van der Waals surface area contributed by atoms with Gasteiger partial charge in [0.2, 0.25) is 5.91 Å². The van der Waals surface area contributed by atoms with Crippen molar-refractivity contribution in [3.05, 3.63) is 69.7 Å². The van der Waals surface area contributed by atoms with Gasteiger partial charge in [-0.25, -0.2) is 5.43 Å². The van der Waals surface area contributed by atoms with Crippen LogP contribution in [-0.2, 0) is 10.5 Å². The van der Waals surface area contributed by atoms with E-state index in [-0.39, 0.29) is 5.91 Å². The molecule has 1 N–H and O–H groups in total. The van der Waals surface area contributed by atoms with E-state index in [0.29, 0.717) is 15.8 Å². The normalized spacial score (nSPS) is 10.8. The molecule has 2 aromatic carbocycles. The zero-order valence-electron chi connectivity index (χ0n) is 11.6.